The molecule has 8 heteroatoms. The van der Waals surface area contributed by atoms with Gasteiger partial charge >= 0.3 is 5.69 Å². The maximum Gasteiger partial charge on any atom is 0.330 e. The van der Waals surface area contributed by atoms with Crippen LogP contribution < -0.4 is 11.2 Å². The number of aromatic nitrogens is 2. The van der Waals surface area contributed by atoms with E-state index in [4.69, 9.17) is 4.74 Å². The summed E-state index contributed by atoms with van der Waals surface area (Å²) in [4.78, 5) is 26.0. The molecule has 0 aromatic carbocycles. The molecule has 1 aliphatic rings. The van der Waals surface area contributed by atoms with Crippen molar-refractivity contribution in [3.05, 3.63) is 33.1 Å². The smallest absolute Gasteiger partial charge is 0.330 e. The van der Waals surface area contributed by atoms with Gasteiger partial charge in [0.15, 0.2) is 0 Å². The third-order valence-electron chi connectivity index (χ3n) is 4.87. The monoisotopic (exact) mass is 342 g/mol. The van der Waals surface area contributed by atoms with Crippen LogP contribution in [0.2, 0.25) is 19.1 Å². The molecule has 7 nitrogen and oxygen atoms in total. The van der Waals surface area contributed by atoms with Crippen molar-refractivity contribution in [3.63, 3.8) is 0 Å². The Balaban J connectivity index is 2.57. The number of nitrogens with zero attached hydrogens (tertiary/aromatic N) is 1. The molecule has 2 rings (SSSR count). The highest BCUT2D eigenvalue weighted by Crippen LogP contribution is 2.43. The highest BCUT2D eigenvalue weighted by Gasteiger charge is 2.57. The number of aliphatic hydroxyl groups excluding tert-OH is 2. The molecule has 3 atom stereocenters. The van der Waals surface area contributed by atoms with Crippen LogP contribution >= 0.6 is 0 Å². The molecule has 1 fully saturated rings. The normalized spacial score (nSPS) is 28.2. The molecule has 130 valence electrons. The molecule has 1 aromatic rings. The van der Waals surface area contributed by atoms with Crippen molar-refractivity contribution < 1.29 is 14.9 Å². The summed E-state index contributed by atoms with van der Waals surface area (Å²) in [5, 5.41) is 18.8. The van der Waals surface area contributed by atoms with Crippen molar-refractivity contribution in [2.24, 2.45) is 0 Å². The van der Waals surface area contributed by atoms with Crippen LogP contribution in [-0.4, -0.2) is 46.7 Å². The first-order chi connectivity index (χ1) is 10.8. The zero-order valence-electron chi connectivity index (χ0n) is 13.9. The largest absolute Gasteiger partial charge is 0.394 e. The van der Waals surface area contributed by atoms with E-state index in [1.54, 1.807) is 0 Å². The first-order valence-corrected chi connectivity index (χ1v) is 11.3. The van der Waals surface area contributed by atoms with Crippen molar-refractivity contribution in [1.82, 2.24) is 9.55 Å². The summed E-state index contributed by atoms with van der Waals surface area (Å²) in [6, 6.07) is 2.20. The Hall–Kier alpha value is -1.22. The number of unbranched alkanes of at least 4 members (excludes halogenated alkanes) is 1. The summed E-state index contributed by atoms with van der Waals surface area (Å²) in [5.41, 5.74) is -1.01. The molecule has 1 aliphatic heterocycles. The molecule has 0 aliphatic carbocycles. The molecule has 2 heterocycles. The minimum atomic E-state index is -2.18. The van der Waals surface area contributed by atoms with Crippen LogP contribution in [0.5, 0.6) is 0 Å². The van der Waals surface area contributed by atoms with Gasteiger partial charge in [-0.05, 0) is 0 Å². The van der Waals surface area contributed by atoms with Crippen LogP contribution in [0, 0.1) is 0 Å². The Kier molecular flexibility index (Phi) is 5.29. The van der Waals surface area contributed by atoms with E-state index in [0.29, 0.717) is 0 Å². The number of H-pyrrole nitrogens is 1. The lowest BCUT2D eigenvalue weighted by Gasteiger charge is -2.43. The van der Waals surface area contributed by atoms with E-state index in [1.807, 2.05) is 0 Å². The Labute approximate surface area is 135 Å². The highest BCUT2D eigenvalue weighted by atomic mass is 28.3. The van der Waals surface area contributed by atoms with Gasteiger partial charge in [-0.25, -0.2) is 4.79 Å². The van der Waals surface area contributed by atoms with Gasteiger partial charge in [-0.3, -0.25) is 14.3 Å². The fourth-order valence-electron chi connectivity index (χ4n) is 3.38. The molecule has 0 amide bonds. The molecule has 0 unspecified atom stereocenters. The van der Waals surface area contributed by atoms with Crippen molar-refractivity contribution in [3.8, 4) is 0 Å². The van der Waals surface area contributed by atoms with Crippen molar-refractivity contribution >= 4 is 8.07 Å². The third kappa shape index (κ3) is 3.21. The number of aromatic amines is 1. The van der Waals surface area contributed by atoms with Crippen LogP contribution in [0.25, 0.3) is 0 Å². The highest BCUT2D eigenvalue weighted by molar-refractivity contribution is 6.79. The number of ether oxygens (including phenoxy) is 1. The Morgan fingerprint density at radius 1 is 1.48 bits per heavy atom. The van der Waals surface area contributed by atoms with E-state index in [9.17, 15) is 19.8 Å². The maximum atomic E-state index is 12.4. The number of rotatable bonds is 6. The van der Waals surface area contributed by atoms with Gasteiger partial charge in [0, 0.05) is 18.7 Å². The summed E-state index contributed by atoms with van der Waals surface area (Å²) in [7, 11) is -2.18. The summed E-state index contributed by atoms with van der Waals surface area (Å²) < 4.78 is 7.49. The minimum absolute atomic E-state index is 0.243. The zero-order valence-corrected chi connectivity index (χ0v) is 14.9. The topological polar surface area (TPSA) is 105 Å². The number of aliphatic hydroxyl groups is 2. The van der Waals surface area contributed by atoms with E-state index in [2.05, 4.69) is 25.0 Å². The lowest BCUT2D eigenvalue weighted by Crippen LogP contribution is -2.60. The predicted octanol–water partition coefficient (Wildman–Crippen LogP) is 0.379. The van der Waals surface area contributed by atoms with Gasteiger partial charge in [0.1, 0.15) is 19.5 Å². The van der Waals surface area contributed by atoms with E-state index in [1.165, 1.54) is 16.8 Å². The molecule has 0 saturated carbocycles. The summed E-state index contributed by atoms with van der Waals surface area (Å²) in [6.07, 6.45) is 2.15. The summed E-state index contributed by atoms with van der Waals surface area (Å²) in [6.45, 7) is 6.03. The fourth-order valence-corrected chi connectivity index (χ4v) is 7.07. The van der Waals surface area contributed by atoms with Crippen molar-refractivity contribution in [2.45, 2.75) is 62.9 Å². The molecule has 0 radical (unpaired) electrons. The van der Waals surface area contributed by atoms with Gasteiger partial charge < -0.3 is 14.9 Å². The number of hydrogen-bond acceptors (Lipinski definition) is 5. The van der Waals surface area contributed by atoms with Gasteiger partial charge in [-0.15, -0.1) is 0 Å². The van der Waals surface area contributed by atoms with E-state index >= 15 is 0 Å². The molecule has 1 saturated heterocycles. The Morgan fingerprint density at radius 3 is 2.70 bits per heavy atom. The molecule has 1 aromatic heterocycles. The average Bonchev–Trinajstić information content (AvgIpc) is 2.83. The lowest BCUT2D eigenvalue weighted by molar-refractivity contribution is -0.0763. The molecule has 0 spiro atoms. The van der Waals surface area contributed by atoms with Crippen LogP contribution in [0.15, 0.2) is 21.9 Å². The molecule has 23 heavy (non-hydrogen) atoms. The number of nitrogens with one attached hydrogen (secondary N) is 1. The van der Waals surface area contributed by atoms with Gasteiger partial charge in [-0.2, -0.15) is 0 Å². The van der Waals surface area contributed by atoms with Gasteiger partial charge in [0.05, 0.1) is 12.7 Å². The van der Waals surface area contributed by atoms with Gasteiger partial charge in [-0.1, -0.05) is 38.9 Å². The minimum Gasteiger partial charge on any atom is -0.394 e. The third-order valence-corrected chi connectivity index (χ3v) is 9.15. The molecular formula is C15H26N2O5Si. The quantitative estimate of drug-likeness (QED) is 0.648. The predicted molar refractivity (Wildman–Crippen MR) is 89.1 cm³/mol. The Bertz CT molecular complexity index is 656. The second-order valence-corrected chi connectivity index (χ2v) is 11.9. The molecular weight excluding hydrogens is 316 g/mol. The molecule has 0 bridgehead atoms. The maximum absolute atomic E-state index is 12.4. The first-order valence-electron chi connectivity index (χ1n) is 8.06. The lowest BCUT2D eigenvalue weighted by atomic mass is 10.2. The average molecular weight is 342 g/mol. The van der Waals surface area contributed by atoms with Crippen LogP contribution in [0.3, 0.4) is 0 Å². The van der Waals surface area contributed by atoms with Crippen LogP contribution in [0.1, 0.15) is 26.2 Å². The van der Waals surface area contributed by atoms with Crippen molar-refractivity contribution in [2.75, 3.05) is 6.61 Å². The van der Waals surface area contributed by atoms with E-state index in [-0.39, 0.29) is 13.0 Å². The van der Waals surface area contributed by atoms with E-state index in [0.717, 1.165) is 18.9 Å². The van der Waals surface area contributed by atoms with Crippen molar-refractivity contribution in [1.29, 1.82) is 0 Å². The SMILES string of the molecule is CCCC[Si](C)(C)[C@]1(n2ccc(=O)[nH]c2=O)C[C@H](O)[C@@H](CO)O1. The standard InChI is InChI=1S/C15H26N2O5Si/c1-4-5-8-23(2,3)15(9-11(19)12(10-18)22-15)17-7-6-13(20)16-14(17)21/h6-7,11-12,18-19H,4-5,8-10H2,1-3H3,(H,16,20,21)/t11-,12+,15-/m0/s1. The van der Waals surface area contributed by atoms with E-state index < -0.39 is 36.9 Å². The zero-order chi connectivity index (χ0) is 17.3. The van der Waals surface area contributed by atoms with Crippen LogP contribution in [-0.2, 0) is 10.1 Å². The second kappa shape index (κ2) is 6.72. The Morgan fingerprint density at radius 2 is 2.17 bits per heavy atom. The fraction of sp³-hybridized carbons (Fsp3) is 0.733. The van der Waals surface area contributed by atoms with Crippen LogP contribution in [0.4, 0.5) is 0 Å². The van der Waals surface area contributed by atoms with Gasteiger partial charge in [0.2, 0.25) is 0 Å². The number of hydrogen-bond donors (Lipinski definition) is 3. The second-order valence-electron chi connectivity index (χ2n) is 6.86. The summed E-state index contributed by atoms with van der Waals surface area (Å²) in [5.74, 6) is 0. The molecule has 3 N–H and O–H groups in total. The van der Waals surface area contributed by atoms with Gasteiger partial charge in [0.25, 0.3) is 5.56 Å². The summed E-state index contributed by atoms with van der Waals surface area (Å²) >= 11 is 0. The first kappa shape index (κ1) is 18.1.